The molecule has 0 aliphatic carbocycles. The van der Waals surface area contributed by atoms with Gasteiger partial charge in [-0.15, -0.1) is 0 Å². The van der Waals surface area contributed by atoms with Crippen molar-refractivity contribution in [3.8, 4) is 5.75 Å². The highest BCUT2D eigenvalue weighted by Gasteiger charge is 2.37. The Morgan fingerprint density at radius 1 is 1.05 bits per heavy atom. The fraction of sp³-hybridized carbons (Fsp3) is 0.483. The van der Waals surface area contributed by atoms with Gasteiger partial charge in [0.1, 0.15) is 29.8 Å². The van der Waals surface area contributed by atoms with Crippen LogP contribution in [0, 0.1) is 12.7 Å². The van der Waals surface area contributed by atoms with Crippen LogP contribution in [0.3, 0.4) is 0 Å². The summed E-state index contributed by atoms with van der Waals surface area (Å²) < 4.78 is 47.7. The molecule has 2 amide bonds. The number of urea groups is 1. The van der Waals surface area contributed by atoms with Crippen molar-refractivity contribution in [3.05, 3.63) is 53.1 Å². The normalized spacial score (nSPS) is 20.1. The van der Waals surface area contributed by atoms with Gasteiger partial charge in [0.15, 0.2) is 0 Å². The lowest BCUT2D eigenvalue weighted by Gasteiger charge is -2.47. The van der Waals surface area contributed by atoms with Gasteiger partial charge in [0.05, 0.1) is 28.9 Å². The summed E-state index contributed by atoms with van der Waals surface area (Å²) in [5.41, 5.74) is 1.06. The maximum atomic E-state index is 14.9. The Bertz CT molecular complexity index is 1460. The minimum Gasteiger partial charge on any atom is -0.489 e. The number of fused-ring (bicyclic) bond motifs is 4. The largest absolute Gasteiger partial charge is 0.489 e. The molecule has 3 aromatic rings. The van der Waals surface area contributed by atoms with E-state index in [0.29, 0.717) is 54.5 Å². The summed E-state index contributed by atoms with van der Waals surface area (Å²) in [4.78, 5) is 30.7. The molecule has 2 saturated heterocycles. The average Bonchev–Trinajstić information content (AvgIpc) is 2.95. The minimum atomic E-state index is -2.90. The van der Waals surface area contributed by atoms with Crippen LogP contribution in [0.4, 0.5) is 29.5 Å². The molecule has 0 bridgehead atoms. The Morgan fingerprint density at radius 2 is 1.78 bits per heavy atom. The van der Waals surface area contributed by atoms with E-state index in [1.54, 1.807) is 13.8 Å². The molecule has 0 unspecified atom stereocenters. The molecule has 0 saturated carbocycles. The van der Waals surface area contributed by atoms with E-state index in [4.69, 9.17) is 4.74 Å². The van der Waals surface area contributed by atoms with E-state index in [1.165, 1.54) is 12.1 Å². The van der Waals surface area contributed by atoms with Gasteiger partial charge in [-0.2, -0.15) is 0 Å². The highest BCUT2D eigenvalue weighted by Crippen LogP contribution is 2.40. The minimum absolute atomic E-state index is 0.00186. The van der Waals surface area contributed by atoms with Crippen molar-refractivity contribution in [2.45, 2.75) is 32.4 Å². The second-order valence-electron chi connectivity index (χ2n) is 11.1. The number of carbonyl (C=O) groups excluding carboxylic acids is 1. The third-order valence-electron chi connectivity index (χ3n) is 8.27. The van der Waals surface area contributed by atoms with Gasteiger partial charge in [0.2, 0.25) is 0 Å². The predicted octanol–water partition coefficient (Wildman–Crippen LogP) is 4.44. The summed E-state index contributed by atoms with van der Waals surface area (Å²) in [5, 5.41) is 3.95. The number of hydrogen-bond donors (Lipinski definition) is 1. The highest BCUT2D eigenvalue weighted by molar-refractivity contribution is 5.94. The van der Waals surface area contributed by atoms with Crippen molar-refractivity contribution in [1.82, 2.24) is 24.7 Å². The lowest BCUT2D eigenvalue weighted by Crippen LogP contribution is -2.61. The SMILES string of the molecule is Cc1nc(N[C@H](C)c2cccc(C(F)F)c2F)c2cc3c(cc2n1)OC[C@H]1CN(C(=O)N2CCN(C)CC2)CCN31. The Hall–Kier alpha value is -3.80. The first-order chi connectivity index (χ1) is 19.7. The fourth-order valence-corrected chi connectivity index (χ4v) is 5.94. The molecule has 3 aliphatic heterocycles. The predicted molar refractivity (Wildman–Crippen MR) is 150 cm³/mol. The third kappa shape index (κ3) is 5.20. The molecule has 12 heteroatoms. The Balaban J connectivity index is 1.26. The monoisotopic (exact) mass is 569 g/mol. The van der Waals surface area contributed by atoms with Crippen LogP contribution in [0.1, 0.15) is 36.3 Å². The van der Waals surface area contributed by atoms with Crippen LogP contribution in [-0.2, 0) is 0 Å². The van der Waals surface area contributed by atoms with Gasteiger partial charge in [0, 0.05) is 62.8 Å². The quantitative estimate of drug-likeness (QED) is 0.498. The van der Waals surface area contributed by atoms with Gasteiger partial charge in [-0.3, -0.25) is 0 Å². The zero-order valence-corrected chi connectivity index (χ0v) is 23.4. The molecule has 218 valence electrons. The van der Waals surface area contributed by atoms with E-state index in [0.717, 1.165) is 37.9 Å². The van der Waals surface area contributed by atoms with Crippen LogP contribution < -0.4 is 15.0 Å². The lowest BCUT2D eigenvalue weighted by molar-refractivity contribution is 0.108. The standard InChI is InChI=1S/C29H34F3N7O2/c1-17(20-5-4-6-21(26(20)30)27(31)32)33-28-22-13-24-25(14-23(22)34-18(2)35-28)41-16-19-15-38(11-12-39(19)24)29(40)37-9-7-36(3)8-10-37/h4-6,13-14,17,19,27H,7-12,15-16H2,1-3H3,(H,33,34,35)/t17-,19-/m1/s1. The number of likely N-dealkylation sites (N-methyl/N-ethyl adjacent to an activating group) is 1. The number of aryl methyl sites for hydroxylation is 1. The van der Waals surface area contributed by atoms with Crippen LogP contribution in [0.5, 0.6) is 5.75 Å². The molecular weight excluding hydrogens is 535 g/mol. The van der Waals surface area contributed by atoms with E-state index in [-0.39, 0.29) is 17.6 Å². The number of alkyl halides is 2. The van der Waals surface area contributed by atoms with Gasteiger partial charge in [-0.25, -0.2) is 27.9 Å². The molecule has 0 radical (unpaired) electrons. The number of anilines is 2. The van der Waals surface area contributed by atoms with Gasteiger partial charge >= 0.3 is 6.03 Å². The average molecular weight is 570 g/mol. The molecule has 1 aromatic heterocycles. The van der Waals surface area contributed by atoms with Gasteiger partial charge in [0.25, 0.3) is 6.43 Å². The molecule has 4 heterocycles. The Morgan fingerprint density at radius 3 is 2.54 bits per heavy atom. The number of nitrogens with zero attached hydrogens (tertiary/aromatic N) is 6. The maximum absolute atomic E-state index is 14.9. The summed E-state index contributed by atoms with van der Waals surface area (Å²) in [7, 11) is 2.07. The van der Waals surface area contributed by atoms with Gasteiger partial charge < -0.3 is 29.7 Å². The van der Waals surface area contributed by atoms with Crippen LogP contribution in [0.15, 0.2) is 30.3 Å². The van der Waals surface area contributed by atoms with Gasteiger partial charge in [-0.1, -0.05) is 18.2 Å². The van der Waals surface area contributed by atoms with Crippen molar-refractivity contribution >= 4 is 28.4 Å². The molecule has 0 spiro atoms. The van der Waals surface area contributed by atoms with E-state index < -0.39 is 23.8 Å². The topological polar surface area (TPSA) is 77.1 Å². The number of hydrogen-bond acceptors (Lipinski definition) is 7. The van der Waals surface area contributed by atoms with Crippen LogP contribution in [0.2, 0.25) is 0 Å². The van der Waals surface area contributed by atoms with Gasteiger partial charge in [-0.05, 0) is 27.0 Å². The Labute approximate surface area is 236 Å². The number of aromatic nitrogens is 2. The number of rotatable bonds is 4. The van der Waals surface area contributed by atoms with Crippen molar-refractivity contribution in [1.29, 1.82) is 0 Å². The summed E-state index contributed by atoms with van der Waals surface area (Å²) in [5.74, 6) is 0.782. The fourth-order valence-electron chi connectivity index (χ4n) is 5.94. The molecule has 6 rings (SSSR count). The van der Waals surface area contributed by atoms with Crippen molar-refractivity contribution in [3.63, 3.8) is 0 Å². The molecule has 2 atom stereocenters. The molecule has 9 nitrogen and oxygen atoms in total. The van der Waals surface area contributed by atoms with Crippen LogP contribution >= 0.6 is 0 Å². The summed E-state index contributed by atoms with van der Waals surface area (Å²) >= 11 is 0. The van der Waals surface area contributed by atoms with Crippen LogP contribution in [-0.4, -0.2) is 96.2 Å². The lowest BCUT2D eigenvalue weighted by atomic mass is 10.0. The number of halogens is 3. The maximum Gasteiger partial charge on any atom is 0.320 e. The number of nitrogens with one attached hydrogen (secondary N) is 1. The van der Waals surface area contributed by atoms with Crippen molar-refractivity contribution in [2.24, 2.45) is 0 Å². The first-order valence-electron chi connectivity index (χ1n) is 14.0. The Kier molecular flexibility index (Phi) is 7.27. The number of amides is 2. The summed E-state index contributed by atoms with van der Waals surface area (Å²) in [6.45, 7) is 8.97. The number of carbonyl (C=O) groups is 1. The second kappa shape index (κ2) is 10.9. The number of ether oxygens (including phenoxy) is 1. The molecule has 41 heavy (non-hydrogen) atoms. The molecule has 3 aliphatic rings. The first kappa shape index (κ1) is 27.4. The number of benzene rings is 2. The van der Waals surface area contributed by atoms with Crippen molar-refractivity contribution in [2.75, 3.05) is 69.7 Å². The molecule has 1 N–H and O–H groups in total. The second-order valence-corrected chi connectivity index (χ2v) is 11.1. The van der Waals surface area contributed by atoms with E-state index in [2.05, 4.69) is 32.1 Å². The molecule has 2 aromatic carbocycles. The first-order valence-corrected chi connectivity index (χ1v) is 14.0. The van der Waals surface area contributed by atoms with Crippen molar-refractivity contribution < 1.29 is 22.7 Å². The highest BCUT2D eigenvalue weighted by atomic mass is 19.3. The van der Waals surface area contributed by atoms with Crippen LogP contribution in [0.25, 0.3) is 10.9 Å². The summed E-state index contributed by atoms with van der Waals surface area (Å²) in [6, 6.07) is 7.33. The zero-order valence-electron chi connectivity index (χ0n) is 23.4. The number of piperazine rings is 2. The zero-order chi connectivity index (χ0) is 28.8. The molecular formula is C29H34F3N7O2. The molecule has 2 fully saturated rings. The van der Waals surface area contributed by atoms with E-state index in [1.807, 2.05) is 21.9 Å². The third-order valence-corrected chi connectivity index (χ3v) is 8.27. The van der Waals surface area contributed by atoms with E-state index in [9.17, 15) is 18.0 Å². The summed E-state index contributed by atoms with van der Waals surface area (Å²) in [6.07, 6.45) is -2.90. The smallest absolute Gasteiger partial charge is 0.320 e. The van der Waals surface area contributed by atoms with E-state index >= 15 is 0 Å².